The second kappa shape index (κ2) is 7.53. The van der Waals surface area contributed by atoms with Gasteiger partial charge in [0.25, 0.3) is 0 Å². The quantitative estimate of drug-likeness (QED) is 0.818. The number of rotatable bonds is 7. The molecule has 0 radical (unpaired) electrons. The summed E-state index contributed by atoms with van der Waals surface area (Å²) in [5.41, 5.74) is 1.26. The maximum atomic E-state index is 12.9. The molecule has 0 bridgehead atoms. The number of aromatic nitrogens is 1. The van der Waals surface area contributed by atoms with Crippen molar-refractivity contribution in [1.82, 2.24) is 10.1 Å². The highest BCUT2D eigenvalue weighted by molar-refractivity contribution is 6.26. The van der Waals surface area contributed by atoms with E-state index in [4.69, 9.17) is 4.52 Å². The Kier molecular flexibility index (Phi) is 5.18. The second-order valence-corrected chi connectivity index (χ2v) is 6.53. The van der Waals surface area contributed by atoms with E-state index in [2.05, 4.69) is 15.4 Å². The van der Waals surface area contributed by atoms with Crippen LogP contribution in [-0.4, -0.2) is 55.9 Å². The van der Waals surface area contributed by atoms with Gasteiger partial charge >= 0.3 is 0 Å². The fraction of sp³-hybridized carbons (Fsp3) is 0.316. The summed E-state index contributed by atoms with van der Waals surface area (Å²) in [6, 6.07) is 9.25. The van der Waals surface area contributed by atoms with Crippen molar-refractivity contribution in [1.29, 1.82) is 0 Å². The number of para-hydroxylation sites is 1. The predicted molar refractivity (Wildman–Crippen MR) is 99.8 cm³/mol. The van der Waals surface area contributed by atoms with Crippen LogP contribution >= 0.6 is 0 Å². The van der Waals surface area contributed by atoms with Gasteiger partial charge in [-0.2, -0.15) is 0 Å². The van der Waals surface area contributed by atoms with Gasteiger partial charge in [-0.3, -0.25) is 9.59 Å². The molecule has 1 aromatic heterocycles. The van der Waals surface area contributed by atoms with E-state index in [9.17, 15) is 9.59 Å². The number of hydrogen-bond acceptors (Lipinski definition) is 7. The zero-order chi connectivity index (χ0) is 18.7. The molecule has 0 saturated heterocycles. The number of allylic oxidation sites excluding steroid dienone is 2. The Balaban J connectivity index is 1.82. The molecule has 0 unspecified atom stereocenters. The Bertz CT molecular complexity index is 840. The maximum Gasteiger partial charge on any atom is 0.239 e. The van der Waals surface area contributed by atoms with E-state index >= 15 is 0 Å². The highest BCUT2D eigenvalue weighted by atomic mass is 16.5. The summed E-state index contributed by atoms with van der Waals surface area (Å²) in [7, 11) is 5.84. The Morgan fingerprint density at radius 2 is 1.81 bits per heavy atom. The third kappa shape index (κ3) is 3.67. The van der Waals surface area contributed by atoms with Gasteiger partial charge in [0.05, 0.1) is 5.70 Å². The lowest BCUT2D eigenvalue weighted by atomic mass is 9.98. The summed E-state index contributed by atoms with van der Waals surface area (Å²) in [5, 5.41) is 6.84. The van der Waals surface area contributed by atoms with E-state index in [0.29, 0.717) is 12.4 Å². The average molecular weight is 354 g/mol. The summed E-state index contributed by atoms with van der Waals surface area (Å²) in [6.07, 6.45) is 2.17. The topological polar surface area (TPSA) is 78.7 Å². The molecule has 7 nitrogen and oxygen atoms in total. The molecule has 0 amide bonds. The number of Topliss-reactive ketones (excluding diaryl/α,β-unsaturated/α-hetero) is 1. The van der Waals surface area contributed by atoms with Gasteiger partial charge in [0.2, 0.25) is 17.5 Å². The van der Waals surface area contributed by atoms with E-state index in [1.54, 1.807) is 0 Å². The van der Waals surface area contributed by atoms with Crippen molar-refractivity contribution in [3.05, 3.63) is 53.4 Å². The molecule has 1 N–H and O–H groups in total. The van der Waals surface area contributed by atoms with Crippen LogP contribution in [0, 0.1) is 0 Å². The fourth-order valence-corrected chi connectivity index (χ4v) is 2.81. The molecule has 2 aromatic rings. The lowest BCUT2D eigenvalue weighted by molar-refractivity contribution is 0.0983. The molecule has 26 heavy (non-hydrogen) atoms. The van der Waals surface area contributed by atoms with Gasteiger partial charge in [-0.05, 0) is 39.2 Å². The summed E-state index contributed by atoms with van der Waals surface area (Å²) in [4.78, 5) is 29.2. The molecule has 0 atom stereocenters. The molecule has 1 aliphatic rings. The molecule has 0 saturated carbocycles. The third-order valence-electron chi connectivity index (χ3n) is 4.15. The van der Waals surface area contributed by atoms with Crippen molar-refractivity contribution < 1.29 is 14.1 Å². The van der Waals surface area contributed by atoms with Crippen LogP contribution in [0.4, 0.5) is 11.6 Å². The molecule has 1 heterocycles. The van der Waals surface area contributed by atoms with Crippen LogP contribution in [0.1, 0.15) is 27.3 Å². The van der Waals surface area contributed by atoms with Crippen LogP contribution in [-0.2, 0) is 0 Å². The minimum absolute atomic E-state index is 0.0723. The van der Waals surface area contributed by atoms with E-state index < -0.39 is 0 Å². The van der Waals surface area contributed by atoms with E-state index in [0.717, 1.165) is 18.7 Å². The molecule has 0 aliphatic heterocycles. The highest BCUT2D eigenvalue weighted by Gasteiger charge is 2.34. The van der Waals surface area contributed by atoms with Gasteiger partial charge in [0, 0.05) is 25.4 Å². The van der Waals surface area contributed by atoms with Crippen LogP contribution in [0.25, 0.3) is 0 Å². The van der Waals surface area contributed by atoms with Gasteiger partial charge in [-0.1, -0.05) is 23.4 Å². The van der Waals surface area contributed by atoms with Crippen LogP contribution < -0.4 is 10.2 Å². The van der Waals surface area contributed by atoms with Crippen molar-refractivity contribution in [2.45, 2.75) is 6.42 Å². The van der Waals surface area contributed by atoms with Crippen LogP contribution in [0.5, 0.6) is 0 Å². The number of hydrogen-bond donors (Lipinski definition) is 1. The summed E-state index contributed by atoms with van der Waals surface area (Å²) in [5.74, 6) is -0.300. The molecule has 7 heteroatoms. The van der Waals surface area contributed by atoms with Crippen LogP contribution in [0.15, 0.2) is 46.6 Å². The largest absolute Gasteiger partial charge is 0.352 e. The number of nitrogens with zero attached hydrogens (tertiary/aromatic N) is 3. The minimum atomic E-state index is -0.338. The number of carbonyl (C=O) groups is 2. The highest BCUT2D eigenvalue weighted by Crippen LogP contribution is 2.30. The fourth-order valence-electron chi connectivity index (χ4n) is 2.81. The Hall–Kier alpha value is -2.93. The molecular formula is C19H22N4O3. The first kappa shape index (κ1) is 17.9. The normalized spacial score (nSPS) is 13.6. The number of anilines is 2. The maximum absolute atomic E-state index is 12.9. The number of fused-ring (bicyclic) bond motifs is 1. The molecule has 136 valence electrons. The van der Waals surface area contributed by atoms with Crippen LogP contribution in [0.3, 0.4) is 0 Å². The van der Waals surface area contributed by atoms with Crippen LogP contribution in [0.2, 0.25) is 0 Å². The smallest absolute Gasteiger partial charge is 0.239 e. The average Bonchev–Trinajstić information content (AvgIpc) is 3.06. The zero-order valence-corrected chi connectivity index (χ0v) is 15.2. The Labute approximate surface area is 152 Å². The first-order valence-corrected chi connectivity index (χ1v) is 8.45. The summed E-state index contributed by atoms with van der Waals surface area (Å²) < 4.78 is 5.34. The summed E-state index contributed by atoms with van der Waals surface area (Å²) in [6.45, 7) is 1.60. The van der Waals surface area contributed by atoms with E-state index in [1.165, 1.54) is 6.08 Å². The van der Waals surface area contributed by atoms with Gasteiger partial charge in [-0.25, -0.2) is 0 Å². The monoisotopic (exact) mass is 354 g/mol. The summed E-state index contributed by atoms with van der Waals surface area (Å²) >= 11 is 0. The second-order valence-electron chi connectivity index (χ2n) is 6.53. The van der Waals surface area contributed by atoms with Crippen molar-refractivity contribution in [2.75, 3.05) is 44.4 Å². The Morgan fingerprint density at radius 1 is 1.08 bits per heavy atom. The van der Waals surface area contributed by atoms with Gasteiger partial charge in [-0.15, -0.1) is 0 Å². The number of carbonyl (C=O) groups excluding carboxylic acids is 2. The van der Waals surface area contributed by atoms with E-state index in [-0.39, 0.29) is 28.5 Å². The van der Waals surface area contributed by atoms with Crippen molar-refractivity contribution in [2.24, 2.45) is 0 Å². The van der Waals surface area contributed by atoms with Crippen molar-refractivity contribution >= 4 is 23.1 Å². The minimum Gasteiger partial charge on any atom is -0.352 e. The molecular weight excluding hydrogens is 332 g/mol. The third-order valence-corrected chi connectivity index (χ3v) is 4.15. The SMILES string of the molecule is CN(C)CCCN(C)c1onc2c1C(=O)C(Nc1ccccc1)=CC2=O. The van der Waals surface area contributed by atoms with Gasteiger partial charge < -0.3 is 19.6 Å². The molecule has 1 aromatic carbocycles. The lowest BCUT2D eigenvalue weighted by Gasteiger charge is -2.19. The van der Waals surface area contributed by atoms with Crippen molar-refractivity contribution in [3.8, 4) is 0 Å². The Morgan fingerprint density at radius 3 is 2.50 bits per heavy atom. The van der Waals surface area contributed by atoms with Crippen molar-refractivity contribution in [3.63, 3.8) is 0 Å². The standard InChI is InChI=1S/C19H22N4O3/c1-22(2)10-7-11-23(3)19-16-17(21-26-19)15(24)12-14(18(16)25)20-13-8-5-4-6-9-13/h4-6,8-9,12,20H,7,10-11H2,1-3H3. The molecule has 0 fully saturated rings. The lowest BCUT2D eigenvalue weighted by Crippen LogP contribution is -2.26. The predicted octanol–water partition coefficient (Wildman–Crippen LogP) is 2.44. The first-order chi connectivity index (χ1) is 12.5. The number of benzene rings is 1. The number of nitrogens with one attached hydrogen (secondary N) is 1. The first-order valence-electron chi connectivity index (χ1n) is 8.45. The zero-order valence-electron chi connectivity index (χ0n) is 15.2. The van der Waals surface area contributed by atoms with Gasteiger partial charge in [0.1, 0.15) is 5.56 Å². The molecule has 3 rings (SSSR count). The van der Waals surface area contributed by atoms with E-state index in [1.807, 2.05) is 56.4 Å². The van der Waals surface area contributed by atoms with Gasteiger partial charge in [0.15, 0.2) is 5.69 Å². The molecule has 0 spiro atoms. The number of ketones is 2. The molecule has 1 aliphatic carbocycles.